The first-order valence-electron chi connectivity index (χ1n) is 5.47. The second kappa shape index (κ2) is 4.03. The molecule has 5 heteroatoms. The van der Waals surface area contributed by atoms with Crippen molar-refractivity contribution < 1.29 is 9.59 Å². The summed E-state index contributed by atoms with van der Waals surface area (Å²) in [7, 11) is 0. The van der Waals surface area contributed by atoms with E-state index in [1.54, 1.807) is 36.5 Å². The van der Waals surface area contributed by atoms with Gasteiger partial charge in [0.05, 0.1) is 23.4 Å². The van der Waals surface area contributed by atoms with Gasteiger partial charge in [-0.25, -0.2) is 9.97 Å². The number of carbonyl (C=O) groups is 2. The first kappa shape index (κ1) is 10.6. The standard InChI is InChI=1S/C13H9N3O2/c17-12-10-3-1-2-4-11(10)13(18)16(12)7-9-5-6-14-8-15-9/h1-6,8H,7H2. The Labute approximate surface area is 103 Å². The van der Waals surface area contributed by atoms with Gasteiger partial charge in [-0.05, 0) is 18.2 Å². The lowest BCUT2D eigenvalue weighted by Crippen LogP contribution is -2.29. The predicted molar refractivity (Wildman–Crippen MR) is 62.7 cm³/mol. The highest BCUT2D eigenvalue weighted by atomic mass is 16.2. The van der Waals surface area contributed by atoms with Gasteiger partial charge >= 0.3 is 0 Å². The molecule has 0 saturated heterocycles. The van der Waals surface area contributed by atoms with Crippen LogP contribution in [0.2, 0.25) is 0 Å². The number of fused-ring (bicyclic) bond motifs is 1. The third-order valence-electron chi connectivity index (χ3n) is 2.84. The summed E-state index contributed by atoms with van der Waals surface area (Å²) in [6.45, 7) is 0.175. The Kier molecular flexibility index (Phi) is 2.37. The number of hydrogen-bond acceptors (Lipinski definition) is 4. The molecule has 0 atom stereocenters. The molecule has 0 saturated carbocycles. The summed E-state index contributed by atoms with van der Waals surface area (Å²) in [4.78, 5) is 33.2. The zero-order valence-corrected chi connectivity index (χ0v) is 9.41. The van der Waals surface area contributed by atoms with Crippen molar-refractivity contribution in [1.82, 2.24) is 14.9 Å². The summed E-state index contributed by atoms with van der Waals surface area (Å²) in [6, 6.07) is 8.50. The minimum absolute atomic E-state index is 0.175. The Hall–Kier alpha value is -2.56. The molecule has 2 amide bonds. The highest BCUT2D eigenvalue weighted by molar-refractivity contribution is 6.21. The van der Waals surface area contributed by atoms with Gasteiger partial charge in [-0.15, -0.1) is 0 Å². The van der Waals surface area contributed by atoms with Crippen molar-refractivity contribution in [3.8, 4) is 0 Å². The number of carbonyl (C=O) groups excluding carboxylic acids is 2. The van der Waals surface area contributed by atoms with E-state index in [2.05, 4.69) is 9.97 Å². The molecule has 18 heavy (non-hydrogen) atoms. The minimum atomic E-state index is -0.269. The largest absolute Gasteiger partial charge is 0.269 e. The fourth-order valence-corrected chi connectivity index (χ4v) is 1.96. The van der Waals surface area contributed by atoms with Crippen LogP contribution >= 0.6 is 0 Å². The van der Waals surface area contributed by atoms with Crippen LogP contribution < -0.4 is 0 Å². The number of nitrogens with zero attached hydrogens (tertiary/aromatic N) is 3. The zero-order valence-electron chi connectivity index (χ0n) is 9.41. The van der Waals surface area contributed by atoms with Gasteiger partial charge < -0.3 is 0 Å². The monoisotopic (exact) mass is 239 g/mol. The molecule has 1 aliphatic heterocycles. The topological polar surface area (TPSA) is 63.2 Å². The number of rotatable bonds is 2. The third kappa shape index (κ3) is 1.57. The summed E-state index contributed by atoms with van der Waals surface area (Å²) >= 11 is 0. The van der Waals surface area contributed by atoms with E-state index in [0.717, 1.165) is 0 Å². The molecule has 1 aromatic carbocycles. The van der Waals surface area contributed by atoms with Crippen molar-refractivity contribution in [1.29, 1.82) is 0 Å². The van der Waals surface area contributed by atoms with Gasteiger partial charge in [0.15, 0.2) is 0 Å². The van der Waals surface area contributed by atoms with Crippen molar-refractivity contribution in [3.63, 3.8) is 0 Å². The second-order valence-electron chi connectivity index (χ2n) is 3.94. The molecule has 0 fully saturated rings. The van der Waals surface area contributed by atoms with Crippen LogP contribution in [0.4, 0.5) is 0 Å². The smallest absolute Gasteiger partial charge is 0.261 e. The number of hydrogen-bond donors (Lipinski definition) is 0. The van der Waals surface area contributed by atoms with Crippen molar-refractivity contribution in [2.45, 2.75) is 6.54 Å². The number of benzene rings is 1. The number of imide groups is 1. The van der Waals surface area contributed by atoms with Crippen LogP contribution in [-0.2, 0) is 6.54 Å². The molecular formula is C13H9N3O2. The Morgan fingerprint density at radius 3 is 2.22 bits per heavy atom. The van der Waals surface area contributed by atoms with Crippen LogP contribution in [0.1, 0.15) is 26.4 Å². The molecule has 5 nitrogen and oxygen atoms in total. The van der Waals surface area contributed by atoms with E-state index < -0.39 is 0 Å². The lowest BCUT2D eigenvalue weighted by atomic mass is 10.1. The maximum Gasteiger partial charge on any atom is 0.261 e. The lowest BCUT2D eigenvalue weighted by Gasteiger charge is -2.12. The van der Waals surface area contributed by atoms with Gasteiger partial charge in [0.2, 0.25) is 0 Å². The van der Waals surface area contributed by atoms with Crippen molar-refractivity contribution in [2.24, 2.45) is 0 Å². The molecule has 0 aliphatic carbocycles. The summed E-state index contributed by atoms with van der Waals surface area (Å²) in [5.41, 5.74) is 1.55. The normalized spacial score (nSPS) is 13.9. The molecule has 0 N–H and O–H groups in total. The van der Waals surface area contributed by atoms with Crippen LogP contribution in [0.3, 0.4) is 0 Å². The highest BCUT2D eigenvalue weighted by Gasteiger charge is 2.35. The Morgan fingerprint density at radius 2 is 1.67 bits per heavy atom. The fraction of sp³-hybridized carbons (Fsp3) is 0.0769. The maximum absolute atomic E-state index is 12.1. The molecule has 88 valence electrons. The maximum atomic E-state index is 12.1. The van der Waals surface area contributed by atoms with Crippen molar-refractivity contribution in [3.05, 3.63) is 59.7 Å². The summed E-state index contributed by atoms with van der Waals surface area (Å²) in [6.07, 6.45) is 2.98. The van der Waals surface area contributed by atoms with E-state index >= 15 is 0 Å². The highest BCUT2D eigenvalue weighted by Crippen LogP contribution is 2.23. The Morgan fingerprint density at radius 1 is 1.00 bits per heavy atom. The third-order valence-corrected chi connectivity index (χ3v) is 2.84. The summed E-state index contributed by atoms with van der Waals surface area (Å²) < 4.78 is 0. The van der Waals surface area contributed by atoms with E-state index in [1.165, 1.54) is 11.2 Å². The van der Waals surface area contributed by atoms with Gasteiger partial charge in [0, 0.05) is 6.20 Å². The molecule has 3 rings (SSSR count). The molecule has 2 aromatic rings. The average Bonchev–Trinajstić information content (AvgIpc) is 2.66. The van der Waals surface area contributed by atoms with Crippen molar-refractivity contribution in [2.75, 3.05) is 0 Å². The molecular weight excluding hydrogens is 230 g/mol. The molecule has 0 unspecified atom stereocenters. The van der Waals surface area contributed by atoms with E-state index in [0.29, 0.717) is 16.8 Å². The van der Waals surface area contributed by atoms with Crippen LogP contribution in [0.25, 0.3) is 0 Å². The van der Waals surface area contributed by atoms with E-state index in [-0.39, 0.29) is 18.4 Å². The Balaban J connectivity index is 1.93. The molecule has 2 heterocycles. The van der Waals surface area contributed by atoms with E-state index in [4.69, 9.17) is 0 Å². The van der Waals surface area contributed by atoms with Crippen LogP contribution in [0.5, 0.6) is 0 Å². The molecule has 0 radical (unpaired) electrons. The van der Waals surface area contributed by atoms with Gasteiger partial charge in [-0.2, -0.15) is 0 Å². The molecule has 1 aliphatic rings. The Bertz CT molecular complexity index is 590. The van der Waals surface area contributed by atoms with Gasteiger partial charge in [0.1, 0.15) is 6.33 Å². The van der Waals surface area contributed by atoms with Gasteiger partial charge in [-0.3, -0.25) is 14.5 Å². The average molecular weight is 239 g/mol. The summed E-state index contributed by atoms with van der Waals surface area (Å²) in [5.74, 6) is -0.538. The van der Waals surface area contributed by atoms with E-state index in [1.807, 2.05) is 0 Å². The molecule has 0 spiro atoms. The first-order chi connectivity index (χ1) is 8.77. The SMILES string of the molecule is O=C1c2ccccc2C(=O)N1Cc1ccncn1. The predicted octanol–water partition coefficient (Wildman–Crippen LogP) is 1.27. The van der Waals surface area contributed by atoms with Crippen molar-refractivity contribution >= 4 is 11.8 Å². The van der Waals surface area contributed by atoms with E-state index in [9.17, 15) is 9.59 Å². The minimum Gasteiger partial charge on any atom is -0.269 e. The summed E-state index contributed by atoms with van der Waals surface area (Å²) in [5, 5.41) is 0. The van der Waals surface area contributed by atoms with Gasteiger partial charge in [0.25, 0.3) is 11.8 Å². The first-order valence-corrected chi connectivity index (χ1v) is 5.47. The molecule has 1 aromatic heterocycles. The van der Waals surface area contributed by atoms with Crippen LogP contribution in [-0.4, -0.2) is 26.7 Å². The number of amides is 2. The molecule has 0 bridgehead atoms. The van der Waals surface area contributed by atoms with Gasteiger partial charge in [-0.1, -0.05) is 12.1 Å². The second-order valence-corrected chi connectivity index (χ2v) is 3.94. The van der Waals surface area contributed by atoms with Crippen LogP contribution in [0.15, 0.2) is 42.9 Å². The quantitative estimate of drug-likeness (QED) is 0.740. The number of aromatic nitrogens is 2. The zero-order chi connectivity index (χ0) is 12.5. The fourth-order valence-electron chi connectivity index (χ4n) is 1.96. The van der Waals surface area contributed by atoms with Crippen LogP contribution in [0, 0.1) is 0 Å². The lowest BCUT2D eigenvalue weighted by molar-refractivity contribution is 0.0640.